The summed E-state index contributed by atoms with van der Waals surface area (Å²) in [7, 11) is -3.52. The number of rotatable bonds is 7. The van der Waals surface area contributed by atoms with E-state index >= 15 is 0 Å². The highest BCUT2D eigenvalue weighted by molar-refractivity contribution is 7.89. The minimum atomic E-state index is -3.52. The van der Waals surface area contributed by atoms with Gasteiger partial charge in [-0.15, -0.1) is 0 Å². The van der Waals surface area contributed by atoms with Crippen LogP contribution in [0.3, 0.4) is 0 Å². The second-order valence-electron chi connectivity index (χ2n) is 6.23. The molecular weight excluding hydrogens is 360 g/mol. The summed E-state index contributed by atoms with van der Waals surface area (Å²) in [5.74, 6) is -0.0882. The first-order chi connectivity index (χ1) is 13.0. The predicted molar refractivity (Wildman–Crippen MR) is 104 cm³/mol. The molecule has 3 rings (SSSR count). The molecule has 2 aromatic carbocycles. The van der Waals surface area contributed by atoms with Gasteiger partial charge < -0.3 is 0 Å². The van der Waals surface area contributed by atoms with E-state index in [1.54, 1.807) is 54.7 Å². The van der Waals surface area contributed by atoms with Crippen LogP contribution in [0.2, 0.25) is 0 Å². The van der Waals surface area contributed by atoms with Crippen LogP contribution in [0.1, 0.15) is 27.0 Å². The molecule has 0 bridgehead atoms. The van der Waals surface area contributed by atoms with E-state index in [0.717, 1.165) is 11.1 Å². The second kappa shape index (κ2) is 8.24. The highest BCUT2D eigenvalue weighted by Crippen LogP contribution is 2.12. The monoisotopic (exact) mass is 380 g/mol. The molecule has 0 aliphatic carbocycles. The van der Waals surface area contributed by atoms with Crippen LogP contribution in [0.4, 0.5) is 0 Å². The number of carbonyl (C=O) groups excluding carboxylic acids is 1. The number of carbonyl (C=O) groups is 1. The first-order valence-electron chi connectivity index (χ1n) is 8.56. The fourth-order valence-corrected chi connectivity index (χ4v) is 3.65. The number of sulfonamides is 1. The molecule has 1 aromatic heterocycles. The zero-order valence-electron chi connectivity index (χ0n) is 14.9. The van der Waals surface area contributed by atoms with Crippen LogP contribution in [0.15, 0.2) is 78.0 Å². The van der Waals surface area contributed by atoms with Crippen LogP contribution in [0.5, 0.6) is 0 Å². The molecule has 0 spiro atoms. The van der Waals surface area contributed by atoms with Crippen molar-refractivity contribution < 1.29 is 13.2 Å². The van der Waals surface area contributed by atoms with Crippen molar-refractivity contribution in [3.05, 3.63) is 95.3 Å². The van der Waals surface area contributed by atoms with Crippen LogP contribution in [0.25, 0.3) is 0 Å². The van der Waals surface area contributed by atoms with Gasteiger partial charge in [-0.3, -0.25) is 9.78 Å². The van der Waals surface area contributed by atoms with E-state index in [0.29, 0.717) is 17.5 Å². The Labute approximate surface area is 159 Å². The maximum Gasteiger partial charge on any atom is 0.240 e. The fourth-order valence-electron chi connectivity index (χ4n) is 2.62. The topological polar surface area (TPSA) is 76.1 Å². The summed E-state index contributed by atoms with van der Waals surface area (Å²) in [5.41, 5.74) is 3.07. The van der Waals surface area contributed by atoms with Crippen LogP contribution >= 0.6 is 0 Å². The lowest BCUT2D eigenvalue weighted by atomic mass is 10.0. The molecule has 0 aliphatic rings. The number of pyridine rings is 1. The number of ketones is 1. The van der Waals surface area contributed by atoms with Gasteiger partial charge in [-0.2, -0.15) is 0 Å². The van der Waals surface area contributed by atoms with Gasteiger partial charge in [0.2, 0.25) is 10.0 Å². The lowest BCUT2D eigenvalue weighted by molar-refractivity contribution is 0.103. The number of hydrogen-bond donors (Lipinski definition) is 1. The van der Waals surface area contributed by atoms with E-state index in [-0.39, 0.29) is 17.2 Å². The Kier molecular flexibility index (Phi) is 5.78. The van der Waals surface area contributed by atoms with Crippen molar-refractivity contribution >= 4 is 15.8 Å². The molecular formula is C21H20N2O3S. The average Bonchev–Trinajstić information content (AvgIpc) is 2.69. The summed E-state index contributed by atoms with van der Waals surface area (Å²) in [6.07, 6.45) is 3.69. The number of nitrogens with one attached hydrogen (secondary N) is 1. The van der Waals surface area contributed by atoms with Gasteiger partial charge in [0.15, 0.2) is 5.78 Å². The van der Waals surface area contributed by atoms with Crippen molar-refractivity contribution in [2.75, 3.05) is 6.54 Å². The van der Waals surface area contributed by atoms with E-state index < -0.39 is 10.0 Å². The molecule has 0 aliphatic heterocycles. The summed E-state index contributed by atoms with van der Waals surface area (Å²) < 4.78 is 27.1. The largest absolute Gasteiger partial charge is 0.289 e. The normalized spacial score (nSPS) is 11.3. The Balaban J connectivity index is 1.59. The second-order valence-corrected chi connectivity index (χ2v) is 8.00. The van der Waals surface area contributed by atoms with Crippen LogP contribution in [-0.2, 0) is 16.4 Å². The number of hydrogen-bond acceptors (Lipinski definition) is 4. The van der Waals surface area contributed by atoms with Gasteiger partial charge in [0.25, 0.3) is 0 Å². The van der Waals surface area contributed by atoms with Gasteiger partial charge in [-0.05, 0) is 43.2 Å². The number of benzene rings is 2. The first-order valence-corrected chi connectivity index (χ1v) is 10.0. The first kappa shape index (κ1) is 18.9. The van der Waals surface area contributed by atoms with Gasteiger partial charge in [0, 0.05) is 30.1 Å². The summed E-state index contributed by atoms with van der Waals surface area (Å²) in [4.78, 5) is 16.6. The quantitative estimate of drug-likeness (QED) is 0.639. The summed E-state index contributed by atoms with van der Waals surface area (Å²) in [5, 5.41) is 0. The molecule has 138 valence electrons. The predicted octanol–water partition coefficient (Wildman–Crippen LogP) is 3.14. The smallest absolute Gasteiger partial charge is 0.240 e. The van der Waals surface area contributed by atoms with Crippen LogP contribution in [0, 0.1) is 6.92 Å². The molecule has 27 heavy (non-hydrogen) atoms. The van der Waals surface area contributed by atoms with E-state index in [1.807, 2.05) is 19.1 Å². The lowest BCUT2D eigenvalue weighted by Crippen LogP contribution is -2.26. The van der Waals surface area contributed by atoms with Crippen molar-refractivity contribution in [2.24, 2.45) is 0 Å². The SMILES string of the molecule is Cc1ccc(S(=O)(=O)NCCc2ccc(C(=O)c3cccnc3)cc2)cc1. The van der Waals surface area contributed by atoms with Crippen molar-refractivity contribution in [3.63, 3.8) is 0 Å². The van der Waals surface area contributed by atoms with Gasteiger partial charge in [-0.25, -0.2) is 13.1 Å². The van der Waals surface area contributed by atoms with Crippen LogP contribution < -0.4 is 4.72 Å². The molecule has 1 N–H and O–H groups in total. The third-order valence-electron chi connectivity index (χ3n) is 4.18. The third kappa shape index (κ3) is 4.87. The highest BCUT2D eigenvalue weighted by atomic mass is 32.2. The Morgan fingerprint density at radius 1 is 0.963 bits per heavy atom. The maximum absolute atomic E-state index is 12.4. The minimum Gasteiger partial charge on any atom is -0.289 e. The van der Waals surface area contributed by atoms with E-state index in [1.165, 1.54) is 6.20 Å². The summed E-state index contributed by atoms with van der Waals surface area (Å²) >= 11 is 0. The standard InChI is InChI=1S/C21H20N2O3S/c1-16-4-10-20(11-5-16)27(25,26)23-14-12-17-6-8-18(9-7-17)21(24)19-3-2-13-22-15-19/h2-11,13,15,23H,12,14H2,1H3. The van der Waals surface area contributed by atoms with Gasteiger partial charge in [-0.1, -0.05) is 42.0 Å². The Morgan fingerprint density at radius 3 is 2.30 bits per heavy atom. The Hall–Kier alpha value is -2.83. The molecule has 0 radical (unpaired) electrons. The van der Waals surface area contributed by atoms with Crippen LogP contribution in [-0.4, -0.2) is 25.7 Å². The van der Waals surface area contributed by atoms with E-state index in [9.17, 15) is 13.2 Å². The van der Waals surface area contributed by atoms with E-state index in [2.05, 4.69) is 9.71 Å². The van der Waals surface area contributed by atoms with E-state index in [4.69, 9.17) is 0 Å². The molecule has 3 aromatic rings. The number of aryl methyl sites for hydroxylation is 1. The Morgan fingerprint density at radius 2 is 1.67 bits per heavy atom. The molecule has 0 fully saturated rings. The molecule has 0 saturated carbocycles. The van der Waals surface area contributed by atoms with Crippen molar-refractivity contribution in [1.29, 1.82) is 0 Å². The van der Waals surface area contributed by atoms with Crippen molar-refractivity contribution in [1.82, 2.24) is 9.71 Å². The molecule has 6 heteroatoms. The maximum atomic E-state index is 12.4. The zero-order valence-corrected chi connectivity index (χ0v) is 15.7. The van der Waals surface area contributed by atoms with Gasteiger partial charge in [0.1, 0.15) is 0 Å². The van der Waals surface area contributed by atoms with Gasteiger partial charge in [0.05, 0.1) is 4.90 Å². The summed E-state index contributed by atoms with van der Waals surface area (Å²) in [6, 6.07) is 17.4. The van der Waals surface area contributed by atoms with Gasteiger partial charge >= 0.3 is 0 Å². The van der Waals surface area contributed by atoms with Crippen molar-refractivity contribution in [3.8, 4) is 0 Å². The third-order valence-corrected chi connectivity index (χ3v) is 5.65. The lowest BCUT2D eigenvalue weighted by Gasteiger charge is -2.08. The summed E-state index contributed by atoms with van der Waals surface area (Å²) in [6.45, 7) is 2.19. The molecule has 0 amide bonds. The zero-order chi connectivity index (χ0) is 19.3. The average molecular weight is 380 g/mol. The molecule has 5 nitrogen and oxygen atoms in total. The number of aromatic nitrogens is 1. The fraction of sp³-hybridized carbons (Fsp3) is 0.143. The highest BCUT2D eigenvalue weighted by Gasteiger charge is 2.13. The molecule has 0 atom stereocenters. The Bertz CT molecular complexity index is 1010. The number of nitrogens with zero attached hydrogens (tertiary/aromatic N) is 1. The molecule has 0 unspecified atom stereocenters. The minimum absolute atomic E-state index is 0.0882. The molecule has 1 heterocycles. The molecule has 0 saturated heterocycles. The van der Waals surface area contributed by atoms with Crippen molar-refractivity contribution in [2.45, 2.75) is 18.2 Å².